The molecule has 2 rings (SSSR count). The number of amides is 2. The van der Waals surface area contributed by atoms with Gasteiger partial charge >= 0.3 is 12.2 Å². The van der Waals surface area contributed by atoms with Crippen molar-refractivity contribution in [3.8, 4) is 5.88 Å². The Morgan fingerprint density at radius 1 is 1.27 bits per heavy atom. The predicted molar refractivity (Wildman–Crippen MR) is 92.7 cm³/mol. The van der Waals surface area contributed by atoms with Crippen LogP contribution in [-0.2, 0) is 12.7 Å². The molecule has 0 saturated heterocycles. The van der Waals surface area contributed by atoms with Crippen molar-refractivity contribution in [1.29, 1.82) is 0 Å². The number of aromatic nitrogens is 1. The fourth-order valence-electron chi connectivity index (χ4n) is 2.18. The highest BCUT2D eigenvalue weighted by Crippen LogP contribution is 2.32. The summed E-state index contributed by atoms with van der Waals surface area (Å²) in [6, 6.07) is 8.12. The number of alkyl halides is 3. The van der Waals surface area contributed by atoms with Crippen molar-refractivity contribution in [2.45, 2.75) is 24.5 Å². The zero-order valence-electron chi connectivity index (χ0n) is 14.2. The molecule has 0 bridgehead atoms. The first-order valence-electron chi connectivity index (χ1n) is 7.72. The molecule has 2 amide bonds. The van der Waals surface area contributed by atoms with Gasteiger partial charge in [-0.05, 0) is 36.6 Å². The van der Waals surface area contributed by atoms with E-state index in [2.05, 4.69) is 9.71 Å². The van der Waals surface area contributed by atoms with Crippen molar-refractivity contribution in [3.05, 3.63) is 53.7 Å². The highest BCUT2D eigenvalue weighted by atomic mass is 32.2. The highest BCUT2D eigenvalue weighted by Gasteiger charge is 2.33. The molecule has 0 saturated carbocycles. The van der Waals surface area contributed by atoms with Gasteiger partial charge < -0.3 is 9.64 Å². The molecule has 0 atom stereocenters. The molecule has 1 heterocycles. The fourth-order valence-corrected chi connectivity index (χ4v) is 2.76. The third-order valence-electron chi connectivity index (χ3n) is 3.53. The topological polar surface area (TPSA) is 54.5 Å². The van der Waals surface area contributed by atoms with Crippen LogP contribution in [0.2, 0.25) is 0 Å². The lowest BCUT2D eigenvalue weighted by molar-refractivity contribution is -0.138. The van der Waals surface area contributed by atoms with Gasteiger partial charge in [-0.15, -0.1) is 0 Å². The van der Waals surface area contributed by atoms with Gasteiger partial charge in [0.05, 0.1) is 12.7 Å². The Balaban J connectivity index is 2.03. The second-order valence-electron chi connectivity index (χ2n) is 5.21. The van der Waals surface area contributed by atoms with Crippen LogP contribution in [0.1, 0.15) is 18.1 Å². The summed E-state index contributed by atoms with van der Waals surface area (Å²) in [4.78, 5) is 18.3. The quantitative estimate of drug-likeness (QED) is 0.752. The van der Waals surface area contributed by atoms with E-state index in [1.54, 1.807) is 19.1 Å². The Morgan fingerprint density at radius 2 is 2.00 bits per heavy atom. The molecule has 0 spiro atoms. The minimum atomic E-state index is -4.46. The number of nitrogens with zero attached hydrogens (tertiary/aromatic N) is 2. The van der Waals surface area contributed by atoms with Gasteiger partial charge in [-0.3, -0.25) is 4.72 Å². The molecule has 0 fully saturated rings. The zero-order chi connectivity index (χ0) is 19.2. The van der Waals surface area contributed by atoms with Gasteiger partial charge in [-0.1, -0.05) is 18.2 Å². The number of ether oxygens (including phenoxy) is 1. The third-order valence-corrected chi connectivity index (χ3v) is 4.28. The second kappa shape index (κ2) is 8.79. The van der Waals surface area contributed by atoms with Crippen LogP contribution in [0, 0.1) is 0 Å². The summed E-state index contributed by atoms with van der Waals surface area (Å²) in [6.45, 7) is 1.83. The van der Waals surface area contributed by atoms with Crippen LogP contribution in [0.4, 0.5) is 18.0 Å². The molecular formula is C17H18F3N3O2S. The molecule has 0 aliphatic rings. The number of carbonyl (C=O) groups is 1. The number of benzene rings is 1. The van der Waals surface area contributed by atoms with Gasteiger partial charge in [0.1, 0.15) is 0 Å². The minimum Gasteiger partial charge on any atom is -0.481 e. The number of pyridine rings is 1. The molecule has 2 aromatic rings. The van der Waals surface area contributed by atoms with Crippen LogP contribution in [-0.4, -0.2) is 29.6 Å². The Labute approximate surface area is 153 Å². The average Bonchev–Trinajstić information content (AvgIpc) is 2.64. The van der Waals surface area contributed by atoms with Gasteiger partial charge in [-0.25, -0.2) is 9.78 Å². The molecule has 0 unspecified atom stereocenters. The van der Waals surface area contributed by atoms with Crippen molar-refractivity contribution in [3.63, 3.8) is 0 Å². The number of nitrogens with one attached hydrogen (secondary N) is 1. The first kappa shape index (κ1) is 19.9. The smallest absolute Gasteiger partial charge is 0.416 e. The van der Waals surface area contributed by atoms with E-state index in [0.29, 0.717) is 10.8 Å². The molecule has 1 aromatic carbocycles. The van der Waals surface area contributed by atoms with E-state index in [1.165, 1.54) is 36.4 Å². The molecule has 9 heteroatoms. The standard InChI is InChI=1S/C17H18F3N3O2S/c1-3-23(11-12-6-4-5-7-14(12)17(18,19)20)16(24)22-26-13-8-9-15(25-2)21-10-13/h4-10H,3,11H2,1-2H3,(H,22,24). The number of hydrogen-bond donors (Lipinski definition) is 1. The van der Waals surface area contributed by atoms with Gasteiger partial charge in [0.15, 0.2) is 0 Å². The maximum Gasteiger partial charge on any atom is 0.416 e. The molecule has 0 aliphatic heterocycles. The summed E-state index contributed by atoms with van der Waals surface area (Å²) in [5.74, 6) is 0.444. The number of rotatable bonds is 6. The second-order valence-corrected chi connectivity index (χ2v) is 6.09. The number of urea groups is 1. The number of methoxy groups -OCH3 is 1. The monoisotopic (exact) mass is 385 g/mol. The van der Waals surface area contributed by atoms with Crippen LogP contribution >= 0.6 is 11.9 Å². The lowest BCUT2D eigenvalue weighted by Crippen LogP contribution is -2.36. The minimum absolute atomic E-state index is 0.0492. The number of carbonyl (C=O) groups excluding carboxylic acids is 1. The summed E-state index contributed by atoms with van der Waals surface area (Å²) in [6.07, 6.45) is -2.94. The Morgan fingerprint density at radius 3 is 2.58 bits per heavy atom. The van der Waals surface area contributed by atoms with Crippen LogP contribution in [0.3, 0.4) is 0 Å². The summed E-state index contributed by atoms with van der Waals surface area (Å²) < 4.78 is 46.8. The van der Waals surface area contributed by atoms with Crippen molar-refractivity contribution in [2.24, 2.45) is 0 Å². The molecule has 1 aromatic heterocycles. The molecule has 0 radical (unpaired) electrons. The number of hydrogen-bond acceptors (Lipinski definition) is 4. The van der Waals surface area contributed by atoms with E-state index in [4.69, 9.17) is 4.74 Å². The summed E-state index contributed by atoms with van der Waals surface area (Å²) in [5, 5.41) is 0. The highest BCUT2D eigenvalue weighted by molar-refractivity contribution is 7.98. The van der Waals surface area contributed by atoms with E-state index >= 15 is 0 Å². The Kier molecular flexibility index (Phi) is 6.73. The van der Waals surface area contributed by atoms with E-state index < -0.39 is 17.8 Å². The molecular weight excluding hydrogens is 367 g/mol. The SMILES string of the molecule is CCN(Cc1ccccc1C(F)(F)F)C(=O)NSc1ccc(OC)nc1. The molecule has 1 N–H and O–H groups in total. The number of halogens is 3. The van der Waals surface area contributed by atoms with E-state index in [1.807, 2.05) is 0 Å². The normalized spacial score (nSPS) is 11.1. The van der Waals surface area contributed by atoms with E-state index in [9.17, 15) is 18.0 Å². The lowest BCUT2D eigenvalue weighted by Gasteiger charge is -2.23. The van der Waals surface area contributed by atoms with E-state index in [-0.39, 0.29) is 18.7 Å². The van der Waals surface area contributed by atoms with Gasteiger partial charge in [0.2, 0.25) is 5.88 Å². The van der Waals surface area contributed by atoms with Crippen LogP contribution in [0.15, 0.2) is 47.5 Å². The molecule has 5 nitrogen and oxygen atoms in total. The summed E-state index contributed by atoms with van der Waals surface area (Å²) >= 11 is 1.03. The molecule has 0 aliphatic carbocycles. The Bertz CT molecular complexity index is 739. The first-order valence-corrected chi connectivity index (χ1v) is 8.53. The van der Waals surface area contributed by atoms with Crippen LogP contribution in [0.25, 0.3) is 0 Å². The summed E-state index contributed by atoms with van der Waals surface area (Å²) in [5.41, 5.74) is -0.689. The molecule has 140 valence electrons. The predicted octanol–water partition coefficient (Wildman–Crippen LogP) is 4.35. The fraction of sp³-hybridized carbons (Fsp3) is 0.294. The van der Waals surface area contributed by atoms with Gasteiger partial charge in [0, 0.05) is 30.2 Å². The maximum absolute atomic E-state index is 13.1. The largest absolute Gasteiger partial charge is 0.481 e. The van der Waals surface area contributed by atoms with Crippen molar-refractivity contribution in [1.82, 2.24) is 14.6 Å². The van der Waals surface area contributed by atoms with Crippen molar-refractivity contribution < 1.29 is 22.7 Å². The lowest BCUT2D eigenvalue weighted by atomic mass is 10.1. The third kappa shape index (κ3) is 5.29. The maximum atomic E-state index is 13.1. The van der Waals surface area contributed by atoms with Crippen LogP contribution < -0.4 is 9.46 Å². The van der Waals surface area contributed by atoms with Crippen molar-refractivity contribution in [2.75, 3.05) is 13.7 Å². The Hall–Kier alpha value is -2.42. The average molecular weight is 385 g/mol. The van der Waals surface area contributed by atoms with Crippen LogP contribution in [0.5, 0.6) is 5.88 Å². The first-order chi connectivity index (χ1) is 12.3. The van der Waals surface area contributed by atoms with Crippen molar-refractivity contribution >= 4 is 18.0 Å². The van der Waals surface area contributed by atoms with Gasteiger partial charge in [-0.2, -0.15) is 13.2 Å². The van der Waals surface area contributed by atoms with Gasteiger partial charge in [0.25, 0.3) is 0 Å². The zero-order valence-corrected chi connectivity index (χ0v) is 15.0. The summed E-state index contributed by atoms with van der Waals surface area (Å²) in [7, 11) is 1.49. The van der Waals surface area contributed by atoms with E-state index in [0.717, 1.165) is 18.0 Å². The molecule has 26 heavy (non-hydrogen) atoms.